The first-order valence-corrected chi connectivity index (χ1v) is 14.8. The first kappa shape index (κ1) is 31.7. The number of nitrogens with zero attached hydrogens (tertiary/aromatic N) is 3. The van der Waals surface area contributed by atoms with Crippen molar-refractivity contribution in [2.75, 3.05) is 12.8 Å². The van der Waals surface area contributed by atoms with Crippen molar-refractivity contribution in [1.29, 1.82) is 0 Å². The van der Waals surface area contributed by atoms with E-state index >= 15 is 0 Å². The van der Waals surface area contributed by atoms with Gasteiger partial charge in [0.15, 0.2) is 5.69 Å². The van der Waals surface area contributed by atoms with Crippen LogP contribution < -0.4 is 10.1 Å². The highest BCUT2D eigenvalue weighted by Crippen LogP contribution is 2.36. The lowest BCUT2D eigenvalue weighted by atomic mass is 9.84. The number of pyridine rings is 1. The molecular formula is C25H33F5N4O5S. The Kier molecular flexibility index (Phi) is 9.81. The molecule has 3 rings (SSSR count). The van der Waals surface area contributed by atoms with E-state index in [9.17, 15) is 40.3 Å². The minimum Gasteiger partial charge on any atom is -0.434 e. The number of aryl methyl sites for hydroxylation is 2. The number of carbonyl (C=O) groups excluding carboxylic acids is 1. The maximum absolute atomic E-state index is 13.2. The molecule has 1 aliphatic rings. The molecule has 9 nitrogen and oxygen atoms in total. The second-order valence-electron chi connectivity index (χ2n) is 10.1. The molecule has 0 saturated heterocycles. The van der Waals surface area contributed by atoms with Crippen molar-refractivity contribution in [3.63, 3.8) is 0 Å². The number of aliphatic hydroxyl groups is 1. The topological polar surface area (TPSA) is 123 Å². The van der Waals surface area contributed by atoms with E-state index in [1.165, 1.54) is 10.9 Å². The number of aromatic nitrogens is 3. The van der Waals surface area contributed by atoms with Crippen LogP contribution in [-0.2, 0) is 22.8 Å². The number of sulfone groups is 1. The van der Waals surface area contributed by atoms with Gasteiger partial charge in [-0.1, -0.05) is 0 Å². The molecule has 2 aromatic heterocycles. The van der Waals surface area contributed by atoms with E-state index in [1.807, 2.05) is 0 Å². The van der Waals surface area contributed by atoms with Crippen molar-refractivity contribution in [2.45, 2.75) is 89.0 Å². The van der Waals surface area contributed by atoms with Gasteiger partial charge in [-0.05, 0) is 52.4 Å². The molecule has 0 bridgehead atoms. The summed E-state index contributed by atoms with van der Waals surface area (Å²) in [5.74, 6) is -0.939. The van der Waals surface area contributed by atoms with Crippen molar-refractivity contribution in [2.24, 2.45) is 0 Å². The minimum absolute atomic E-state index is 0.0254. The zero-order valence-electron chi connectivity index (χ0n) is 22.4. The summed E-state index contributed by atoms with van der Waals surface area (Å²) in [5.41, 5.74) is -0.500. The fourth-order valence-electron chi connectivity index (χ4n) is 4.85. The molecule has 0 aromatic carbocycles. The highest BCUT2D eigenvalue weighted by Gasteiger charge is 2.37. The van der Waals surface area contributed by atoms with E-state index in [2.05, 4.69) is 20.1 Å². The number of halogens is 5. The lowest BCUT2D eigenvalue weighted by Crippen LogP contribution is -2.47. The van der Waals surface area contributed by atoms with Crippen molar-refractivity contribution >= 4 is 15.7 Å². The van der Waals surface area contributed by atoms with Gasteiger partial charge in [-0.25, -0.2) is 8.42 Å². The lowest BCUT2D eigenvalue weighted by molar-refractivity contribution is -0.135. The zero-order valence-corrected chi connectivity index (χ0v) is 23.2. The molecule has 2 heterocycles. The molecule has 1 fully saturated rings. The zero-order chi connectivity index (χ0) is 29.9. The van der Waals surface area contributed by atoms with Gasteiger partial charge in [-0.2, -0.15) is 27.1 Å². The molecular weight excluding hydrogens is 563 g/mol. The summed E-state index contributed by atoms with van der Waals surface area (Å²) < 4.78 is 93.7. The van der Waals surface area contributed by atoms with Crippen LogP contribution in [0.25, 0.3) is 11.3 Å². The van der Waals surface area contributed by atoms with Crippen LogP contribution in [0.1, 0.15) is 67.2 Å². The molecule has 1 aliphatic carbocycles. The Balaban J connectivity index is 1.82. The molecule has 40 heavy (non-hydrogen) atoms. The molecule has 2 aromatic rings. The van der Waals surface area contributed by atoms with E-state index in [4.69, 9.17) is 0 Å². The van der Waals surface area contributed by atoms with E-state index in [0.29, 0.717) is 5.56 Å². The van der Waals surface area contributed by atoms with Crippen molar-refractivity contribution in [3.8, 4) is 17.0 Å². The van der Waals surface area contributed by atoms with Gasteiger partial charge in [0.2, 0.25) is 0 Å². The fourth-order valence-corrected chi connectivity index (χ4v) is 5.95. The Bertz CT molecular complexity index is 1310. The number of nitrogens with one attached hydrogen (secondary N) is 1. The van der Waals surface area contributed by atoms with Crippen LogP contribution in [0.3, 0.4) is 0 Å². The van der Waals surface area contributed by atoms with Crippen molar-refractivity contribution in [1.82, 2.24) is 20.1 Å². The second kappa shape index (κ2) is 12.4. The molecule has 1 saturated carbocycles. The molecule has 0 atom stereocenters. The third-order valence-corrected chi connectivity index (χ3v) is 8.72. The van der Waals surface area contributed by atoms with Crippen LogP contribution in [0.2, 0.25) is 0 Å². The summed E-state index contributed by atoms with van der Waals surface area (Å²) in [6.45, 7) is 0.154. The van der Waals surface area contributed by atoms with Crippen molar-refractivity contribution in [3.05, 3.63) is 29.2 Å². The Morgan fingerprint density at radius 2 is 1.95 bits per heavy atom. The van der Waals surface area contributed by atoms with E-state index in [-0.39, 0.29) is 80.0 Å². The van der Waals surface area contributed by atoms with E-state index in [1.54, 1.807) is 13.8 Å². The molecule has 2 N–H and O–H groups in total. The maximum Gasteiger partial charge on any atom is 0.389 e. The predicted molar refractivity (Wildman–Crippen MR) is 136 cm³/mol. The van der Waals surface area contributed by atoms with Crippen LogP contribution in [0.5, 0.6) is 5.75 Å². The number of ether oxygens (including phenoxy) is 1. The average Bonchev–Trinajstić information content (AvgIpc) is 3.17. The predicted octanol–water partition coefficient (Wildman–Crippen LogP) is 4.21. The van der Waals surface area contributed by atoms with Crippen LogP contribution in [-0.4, -0.2) is 70.6 Å². The van der Waals surface area contributed by atoms with Gasteiger partial charge in [0, 0.05) is 49.3 Å². The molecule has 0 aliphatic heterocycles. The molecule has 0 spiro atoms. The number of hydrogen-bond acceptors (Lipinski definition) is 7. The number of hydrogen-bond donors (Lipinski definition) is 2. The number of carbonyl (C=O) groups is 1. The van der Waals surface area contributed by atoms with Crippen LogP contribution in [0.4, 0.5) is 22.0 Å². The van der Waals surface area contributed by atoms with Gasteiger partial charge in [-0.15, -0.1) is 0 Å². The summed E-state index contributed by atoms with van der Waals surface area (Å²) in [5, 5.41) is 17.3. The largest absolute Gasteiger partial charge is 0.434 e. The lowest BCUT2D eigenvalue weighted by Gasteiger charge is -2.35. The summed E-state index contributed by atoms with van der Waals surface area (Å²) in [4.78, 5) is 17.2. The quantitative estimate of drug-likeness (QED) is 0.373. The summed E-state index contributed by atoms with van der Waals surface area (Å²) in [6, 6.07) is 1.16. The van der Waals surface area contributed by atoms with Crippen molar-refractivity contribution < 1.29 is 45.0 Å². The monoisotopic (exact) mass is 596 g/mol. The van der Waals surface area contributed by atoms with Gasteiger partial charge < -0.3 is 15.2 Å². The number of amides is 1. The second-order valence-corrected chi connectivity index (χ2v) is 12.4. The van der Waals surface area contributed by atoms with Crippen LogP contribution >= 0.6 is 0 Å². The normalized spacial score (nSPS) is 20.1. The average molecular weight is 597 g/mol. The Morgan fingerprint density at radius 1 is 1.30 bits per heavy atom. The molecule has 224 valence electrons. The van der Waals surface area contributed by atoms with Gasteiger partial charge in [0.1, 0.15) is 15.6 Å². The standard InChI is InChI=1S/C25H33F5N4O5S/c1-4-34-21(18-13-31-16(6-5-9-25(28,29)30)12-19(18)39-23(26)27)15(2)20(33-34)22(35)32-14-24(36)10-7-17(8-11-24)40(3,37)38/h12-13,17,23,36H,4-11,14H2,1-3H3,(H,32,35). The van der Waals surface area contributed by atoms with E-state index in [0.717, 1.165) is 12.3 Å². The Labute approximate surface area is 229 Å². The van der Waals surface area contributed by atoms with Crippen LogP contribution in [0.15, 0.2) is 12.3 Å². The smallest absolute Gasteiger partial charge is 0.389 e. The fraction of sp³-hybridized carbons (Fsp3) is 0.640. The van der Waals surface area contributed by atoms with Gasteiger partial charge in [0.05, 0.1) is 22.1 Å². The van der Waals surface area contributed by atoms with E-state index < -0.39 is 45.8 Å². The summed E-state index contributed by atoms with van der Waals surface area (Å²) >= 11 is 0. The summed E-state index contributed by atoms with van der Waals surface area (Å²) in [6.07, 6.45) is -2.50. The highest BCUT2D eigenvalue weighted by molar-refractivity contribution is 7.91. The molecule has 15 heteroatoms. The van der Waals surface area contributed by atoms with Gasteiger partial charge in [-0.3, -0.25) is 14.5 Å². The minimum atomic E-state index is -4.35. The number of alkyl halides is 5. The molecule has 0 radical (unpaired) electrons. The third-order valence-electron chi connectivity index (χ3n) is 7.04. The summed E-state index contributed by atoms with van der Waals surface area (Å²) in [7, 11) is -3.23. The SMILES string of the molecule is CCn1nc(C(=O)NCC2(O)CCC(S(C)(=O)=O)CC2)c(C)c1-c1cnc(CCCC(F)(F)F)cc1OC(F)F. The molecule has 0 unspecified atom stereocenters. The Hall–Kier alpha value is -2.81. The first-order valence-electron chi connectivity index (χ1n) is 12.8. The Morgan fingerprint density at radius 3 is 2.50 bits per heavy atom. The van der Waals surface area contributed by atoms with Gasteiger partial charge in [0.25, 0.3) is 5.91 Å². The third kappa shape index (κ3) is 8.12. The van der Waals surface area contributed by atoms with Crippen LogP contribution in [0, 0.1) is 6.92 Å². The van der Waals surface area contributed by atoms with Gasteiger partial charge >= 0.3 is 12.8 Å². The maximum atomic E-state index is 13.2. The molecule has 1 amide bonds. The number of rotatable bonds is 11. The highest BCUT2D eigenvalue weighted by atomic mass is 32.2. The first-order chi connectivity index (χ1) is 18.5.